The van der Waals surface area contributed by atoms with Crippen molar-refractivity contribution in [2.45, 2.75) is 32.2 Å². The summed E-state index contributed by atoms with van der Waals surface area (Å²) in [6.45, 7) is 2.17. The number of hydrogen-bond donors (Lipinski definition) is 0. The highest BCUT2D eigenvalue weighted by atomic mass is 19.1. The van der Waals surface area contributed by atoms with Gasteiger partial charge in [0.25, 0.3) is 5.91 Å². The van der Waals surface area contributed by atoms with Gasteiger partial charge in [-0.05, 0) is 43.5 Å². The standard InChI is InChI=1S/C15H16FNO3/c1-10-7-11(9-12(16)8-10)15(20)17-5-2-3-13(17)14(19)4-6-18/h6-9,13H,2-5H2,1H3. The Hall–Kier alpha value is -2.04. The summed E-state index contributed by atoms with van der Waals surface area (Å²) in [7, 11) is 0. The first-order valence-electron chi connectivity index (χ1n) is 6.57. The third-order valence-electron chi connectivity index (χ3n) is 3.46. The zero-order valence-electron chi connectivity index (χ0n) is 11.3. The predicted octanol–water partition coefficient (Wildman–Crippen LogP) is 1.90. The molecule has 0 radical (unpaired) electrons. The SMILES string of the molecule is Cc1cc(F)cc(C(=O)N2CCCC2C(=O)CC=O)c1. The van der Waals surface area contributed by atoms with E-state index in [9.17, 15) is 18.8 Å². The number of Topliss-reactive ketones (excluding diaryl/α,β-unsaturated/α-hetero) is 1. The van der Waals surface area contributed by atoms with Crippen LogP contribution in [0.3, 0.4) is 0 Å². The maximum absolute atomic E-state index is 13.4. The predicted molar refractivity (Wildman–Crippen MR) is 70.9 cm³/mol. The molecule has 106 valence electrons. The summed E-state index contributed by atoms with van der Waals surface area (Å²) in [5.74, 6) is -1.07. The molecule has 2 rings (SSSR count). The highest BCUT2D eigenvalue weighted by Gasteiger charge is 2.34. The number of ketones is 1. The van der Waals surface area contributed by atoms with Crippen molar-refractivity contribution < 1.29 is 18.8 Å². The molecule has 1 saturated heterocycles. The molecule has 0 spiro atoms. The Morgan fingerprint density at radius 1 is 1.40 bits per heavy atom. The highest BCUT2D eigenvalue weighted by Crippen LogP contribution is 2.22. The number of nitrogens with zero attached hydrogens (tertiary/aromatic N) is 1. The molecule has 0 bridgehead atoms. The first kappa shape index (κ1) is 14.4. The molecule has 1 heterocycles. The van der Waals surface area contributed by atoms with Crippen molar-refractivity contribution in [1.82, 2.24) is 4.90 Å². The van der Waals surface area contributed by atoms with E-state index in [0.29, 0.717) is 24.8 Å². The zero-order valence-corrected chi connectivity index (χ0v) is 11.3. The van der Waals surface area contributed by atoms with Crippen LogP contribution in [0.25, 0.3) is 0 Å². The molecule has 1 aromatic carbocycles. The number of carbonyl (C=O) groups is 3. The van der Waals surface area contributed by atoms with E-state index in [0.717, 1.165) is 6.42 Å². The van der Waals surface area contributed by atoms with Crippen LogP contribution in [0.2, 0.25) is 0 Å². The van der Waals surface area contributed by atoms with Crippen molar-refractivity contribution in [2.75, 3.05) is 6.54 Å². The van der Waals surface area contributed by atoms with E-state index in [1.165, 1.54) is 17.0 Å². The first-order chi connectivity index (χ1) is 9.52. The fraction of sp³-hybridized carbons (Fsp3) is 0.400. The summed E-state index contributed by atoms with van der Waals surface area (Å²) in [6, 6.07) is 3.56. The maximum Gasteiger partial charge on any atom is 0.254 e. The first-order valence-corrected chi connectivity index (χ1v) is 6.57. The molecular weight excluding hydrogens is 261 g/mol. The van der Waals surface area contributed by atoms with Gasteiger partial charge in [-0.25, -0.2) is 4.39 Å². The third kappa shape index (κ3) is 2.92. The van der Waals surface area contributed by atoms with Crippen LogP contribution >= 0.6 is 0 Å². The molecule has 1 amide bonds. The van der Waals surface area contributed by atoms with E-state index >= 15 is 0 Å². The summed E-state index contributed by atoms with van der Waals surface area (Å²) in [5, 5.41) is 0. The lowest BCUT2D eigenvalue weighted by Gasteiger charge is -2.23. The highest BCUT2D eigenvalue weighted by molar-refractivity contribution is 6.00. The van der Waals surface area contributed by atoms with Crippen molar-refractivity contribution in [3.8, 4) is 0 Å². The Kier molecular flexibility index (Phi) is 4.27. The number of aryl methyl sites for hydroxylation is 1. The van der Waals surface area contributed by atoms with Crippen molar-refractivity contribution in [3.05, 3.63) is 35.1 Å². The van der Waals surface area contributed by atoms with E-state index in [1.54, 1.807) is 13.0 Å². The number of hydrogen-bond acceptors (Lipinski definition) is 3. The maximum atomic E-state index is 13.4. The monoisotopic (exact) mass is 277 g/mol. The van der Waals surface area contributed by atoms with Gasteiger partial charge in [-0.15, -0.1) is 0 Å². The lowest BCUT2D eigenvalue weighted by atomic mass is 10.1. The number of rotatable bonds is 4. The quantitative estimate of drug-likeness (QED) is 0.624. The molecule has 0 aliphatic carbocycles. The average Bonchev–Trinajstić information content (AvgIpc) is 2.86. The molecular formula is C15H16FNO3. The van der Waals surface area contributed by atoms with Gasteiger partial charge in [0.05, 0.1) is 12.5 Å². The summed E-state index contributed by atoms with van der Waals surface area (Å²) < 4.78 is 13.4. The number of halogens is 1. The number of carbonyl (C=O) groups excluding carboxylic acids is 3. The lowest BCUT2D eigenvalue weighted by Crippen LogP contribution is -2.40. The van der Waals surface area contributed by atoms with E-state index < -0.39 is 11.9 Å². The smallest absolute Gasteiger partial charge is 0.254 e. The number of likely N-dealkylation sites (tertiary alicyclic amines) is 1. The van der Waals surface area contributed by atoms with Gasteiger partial charge in [0.15, 0.2) is 5.78 Å². The number of amides is 1. The van der Waals surface area contributed by atoms with Gasteiger partial charge in [0.2, 0.25) is 0 Å². The minimum atomic E-state index is -0.559. The molecule has 20 heavy (non-hydrogen) atoms. The lowest BCUT2D eigenvalue weighted by molar-refractivity contribution is -0.125. The molecule has 1 aliphatic rings. The number of aldehydes is 1. The van der Waals surface area contributed by atoms with Gasteiger partial charge in [0.1, 0.15) is 12.1 Å². The van der Waals surface area contributed by atoms with Crippen molar-refractivity contribution in [1.29, 1.82) is 0 Å². The largest absolute Gasteiger partial charge is 0.329 e. The summed E-state index contributed by atoms with van der Waals surface area (Å²) in [5.41, 5.74) is 0.900. The van der Waals surface area contributed by atoms with Crippen LogP contribution in [0, 0.1) is 12.7 Å². The van der Waals surface area contributed by atoms with Crippen LogP contribution in [-0.4, -0.2) is 35.5 Å². The molecule has 1 unspecified atom stereocenters. The van der Waals surface area contributed by atoms with Gasteiger partial charge in [-0.1, -0.05) is 0 Å². The second-order valence-electron chi connectivity index (χ2n) is 5.01. The Morgan fingerprint density at radius 3 is 2.80 bits per heavy atom. The molecule has 0 N–H and O–H groups in total. The Labute approximate surface area is 116 Å². The molecule has 1 aromatic rings. The molecule has 0 aromatic heterocycles. The van der Waals surface area contributed by atoms with Gasteiger partial charge >= 0.3 is 0 Å². The molecule has 5 heteroatoms. The number of benzene rings is 1. The van der Waals surface area contributed by atoms with E-state index in [1.807, 2.05) is 0 Å². The van der Waals surface area contributed by atoms with Crippen LogP contribution in [0.1, 0.15) is 35.2 Å². The van der Waals surface area contributed by atoms with Crippen LogP contribution in [0.4, 0.5) is 4.39 Å². The van der Waals surface area contributed by atoms with Crippen LogP contribution in [0.15, 0.2) is 18.2 Å². The zero-order chi connectivity index (χ0) is 14.7. The van der Waals surface area contributed by atoms with Crippen molar-refractivity contribution in [2.24, 2.45) is 0 Å². The van der Waals surface area contributed by atoms with Gasteiger partial charge in [-0.3, -0.25) is 9.59 Å². The van der Waals surface area contributed by atoms with Crippen molar-refractivity contribution >= 4 is 18.0 Å². The van der Waals surface area contributed by atoms with E-state index in [4.69, 9.17) is 0 Å². The molecule has 1 aliphatic heterocycles. The summed E-state index contributed by atoms with van der Waals surface area (Å²) in [6.07, 6.45) is 1.65. The summed E-state index contributed by atoms with van der Waals surface area (Å²) >= 11 is 0. The molecule has 1 fully saturated rings. The third-order valence-corrected chi connectivity index (χ3v) is 3.46. The van der Waals surface area contributed by atoms with Crippen LogP contribution in [0.5, 0.6) is 0 Å². The van der Waals surface area contributed by atoms with Gasteiger partial charge in [0, 0.05) is 12.1 Å². The topological polar surface area (TPSA) is 54.5 Å². The van der Waals surface area contributed by atoms with E-state index in [-0.39, 0.29) is 23.7 Å². The summed E-state index contributed by atoms with van der Waals surface area (Å²) in [4.78, 5) is 36.1. The fourth-order valence-electron chi connectivity index (χ4n) is 2.59. The molecule has 0 saturated carbocycles. The minimum Gasteiger partial charge on any atom is -0.329 e. The van der Waals surface area contributed by atoms with Crippen molar-refractivity contribution in [3.63, 3.8) is 0 Å². The minimum absolute atomic E-state index is 0.184. The molecule has 1 atom stereocenters. The van der Waals surface area contributed by atoms with E-state index in [2.05, 4.69) is 0 Å². The van der Waals surface area contributed by atoms with Gasteiger partial charge < -0.3 is 9.69 Å². The second-order valence-corrected chi connectivity index (χ2v) is 5.01. The van der Waals surface area contributed by atoms with Crippen LogP contribution in [-0.2, 0) is 9.59 Å². The normalized spacial score (nSPS) is 18.1. The van der Waals surface area contributed by atoms with Crippen LogP contribution < -0.4 is 0 Å². The Bertz CT molecular complexity index is 536. The Morgan fingerprint density at radius 2 is 2.15 bits per heavy atom. The Balaban J connectivity index is 2.23. The molecule has 4 nitrogen and oxygen atoms in total. The fourth-order valence-corrected chi connectivity index (χ4v) is 2.59. The second kappa shape index (κ2) is 5.94. The van der Waals surface area contributed by atoms with Gasteiger partial charge in [-0.2, -0.15) is 0 Å². The average molecular weight is 277 g/mol.